The number of nitrogens with zero attached hydrogens (tertiary/aromatic N) is 4. The van der Waals surface area contributed by atoms with Crippen LogP contribution in [0.5, 0.6) is 0 Å². The van der Waals surface area contributed by atoms with Gasteiger partial charge in [0.25, 0.3) is 0 Å². The Morgan fingerprint density at radius 3 is 2.47 bits per heavy atom. The van der Waals surface area contributed by atoms with Gasteiger partial charge in [-0.2, -0.15) is 0 Å². The number of nitrogens with one attached hydrogen (secondary N) is 1. The van der Waals surface area contributed by atoms with Gasteiger partial charge in [-0.15, -0.1) is 0 Å². The van der Waals surface area contributed by atoms with E-state index in [0.717, 1.165) is 11.1 Å². The Morgan fingerprint density at radius 2 is 1.85 bits per heavy atom. The van der Waals surface area contributed by atoms with E-state index >= 15 is 0 Å². The van der Waals surface area contributed by atoms with Crippen LogP contribution in [0.15, 0.2) is 24.5 Å². The van der Waals surface area contributed by atoms with Crippen molar-refractivity contribution in [1.82, 2.24) is 24.5 Å². The van der Waals surface area contributed by atoms with E-state index in [2.05, 4.69) is 10.3 Å². The second kappa shape index (κ2) is 9.19. The molecule has 0 aliphatic carbocycles. The standard InChI is InChI=1S/C25H39N5O4/c1-17-10-9-11-30-18(17)14-26-21(30)25(7,8)27-20(31)19-15-28(22(32)34-23(2,3)4)12-13-29(19)16-24(5,6)33/h9-11,14,19,33H,12-13,15-16H2,1-8H3,(H,27,31)/t19-/m0/s1. The molecule has 0 spiro atoms. The van der Waals surface area contributed by atoms with Crippen molar-refractivity contribution in [3.8, 4) is 0 Å². The predicted molar refractivity (Wildman–Crippen MR) is 131 cm³/mol. The lowest BCUT2D eigenvalue weighted by Gasteiger charge is -2.43. The lowest BCUT2D eigenvalue weighted by molar-refractivity contribution is -0.132. The first-order chi connectivity index (χ1) is 15.6. The topological polar surface area (TPSA) is 99.4 Å². The summed E-state index contributed by atoms with van der Waals surface area (Å²) in [5.41, 5.74) is -0.302. The minimum absolute atomic E-state index is 0.175. The van der Waals surface area contributed by atoms with Crippen molar-refractivity contribution in [2.75, 3.05) is 26.2 Å². The molecule has 0 unspecified atom stereocenters. The molecule has 188 valence electrons. The molecule has 1 saturated heterocycles. The number of ether oxygens (including phenoxy) is 1. The van der Waals surface area contributed by atoms with Crippen LogP contribution in [-0.2, 0) is 15.1 Å². The van der Waals surface area contributed by atoms with Crippen LogP contribution in [-0.4, -0.2) is 79.7 Å². The summed E-state index contributed by atoms with van der Waals surface area (Å²) >= 11 is 0. The number of piperazine rings is 1. The van der Waals surface area contributed by atoms with Gasteiger partial charge in [0.05, 0.1) is 22.9 Å². The number of hydrogen-bond donors (Lipinski definition) is 2. The highest BCUT2D eigenvalue weighted by Gasteiger charge is 2.40. The number of rotatable bonds is 5. The van der Waals surface area contributed by atoms with Gasteiger partial charge in [0.1, 0.15) is 17.5 Å². The number of carbonyl (C=O) groups is 2. The van der Waals surface area contributed by atoms with Crippen LogP contribution in [0.3, 0.4) is 0 Å². The number of fused-ring (bicyclic) bond motifs is 1. The van der Waals surface area contributed by atoms with Crippen LogP contribution < -0.4 is 5.32 Å². The van der Waals surface area contributed by atoms with Gasteiger partial charge >= 0.3 is 6.09 Å². The van der Waals surface area contributed by atoms with Crippen molar-refractivity contribution in [2.45, 2.75) is 78.2 Å². The second-order valence-electron chi connectivity index (χ2n) is 11.4. The Bertz CT molecular complexity index is 1050. The zero-order valence-corrected chi connectivity index (χ0v) is 21.7. The zero-order valence-electron chi connectivity index (χ0n) is 21.7. The Kier molecular flexibility index (Phi) is 7.01. The van der Waals surface area contributed by atoms with E-state index in [4.69, 9.17) is 4.74 Å². The Balaban J connectivity index is 1.84. The summed E-state index contributed by atoms with van der Waals surface area (Å²) in [5, 5.41) is 13.6. The fraction of sp³-hybridized carbons (Fsp3) is 0.640. The van der Waals surface area contributed by atoms with Crippen LogP contribution in [0.25, 0.3) is 5.52 Å². The summed E-state index contributed by atoms with van der Waals surface area (Å²) in [4.78, 5) is 34.4. The van der Waals surface area contributed by atoms with Gasteiger partial charge in [-0.05, 0) is 67.0 Å². The summed E-state index contributed by atoms with van der Waals surface area (Å²) < 4.78 is 7.52. The van der Waals surface area contributed by atoms with E-state index in [1.54, 1.807) is 18.7 Å². The first kappa shape index (κ1) is 26.0. The summed E-state index contributed by atoms with van der Waals surface area (Å²) in [6, 6.07) is 3.34. The highest BCUT2D eigenvalue weighted by atomic mass is 16.6. The molecular formula is C25H39N5O4. The quantitative estimate of drug-likeness (QED) is 0.693. The van der Waals surface area contributed by atoms with E-state index < -0.39 is 28.9 Å². The predicted octanol–water partition coefficient (Wildman–Crippen LogP) is 2.69. The fourth-order valence-corrected chi connectivity index (χ4v) is 4.32. The van der Waals surface area contributed by atoms with Gasteiger partial charge < -0.3 is 24.5 Å². The molecule has 34 heavy (non-hydrogen) atoms. The third-order valence-corrected chi connectivity index (χ3v) is 5.81. The number of hydrogen-bond acceptors (Lipinski definition) is 6. The van der Waals surface area contributed by atoms with E-state index in [1.807, 2.05) is 75.4 Å². The average Bonchev–Trinajstić information content (AvgIpc) is 3.12. The van der Waals surface area contributed by atoms with Gasteiger partial charge in [-0.1, -0.05) is 6.07 Å². The molecule has 2 amide bonds. The van der Waals surface area contributed by atoms with Gasteiger partial charge in [-0.3, -0.25) is 9.69 Å². The van der Waals surface area contributed by atoms with Gasteiger partial charge in [0.2, 0.25) is 5.91 Å². The van der Waals surface area contributed by atoms with E-state index in [0.29, 0.717) is 25.5 Å². The number of amides is 2. The monoisotopic (exact) mass is 473 g/mol. The molecule has 1 aliphatic heterocycles. The third-order valence-electron chi connectivity index (χ3n) is 5.81. The summed E-state index contributed by atoms with van der Waals surface area (Å²) in [6.07, 6.45) is 3.30. The molecule has 9 nitrogen and oxygen atoms in total. The Labute approximate surface area is 202 Å². The van der Waals surface area contributed by atoms with Crippen molar-refractivity contribution in [3.63, 3.8) is 0 Å². The first-order valence-corrected chi connectivity index (χ1v) is 11.8. The van der Waals surface area contributed by atoms with Crippen LogP contribution in [0.4, 0.5) is 4.79 Å². The van der Waals surface area contributed by atoms with Crippen LogP contribution in [0.2, 0.25) is 0 Å². The van der Waals surface area contributed by atoms with Crippen LogP contribution in [0.1, 0.15) is 59.9 Å². The van der Waals surface area contributed by atoms with Gasteiger partial charge in [0.15, 0.2) is 0 Å². The molecule has 0 radical (unpaired) electrons. The normalized spacial score (nSPS) is 18.3. The molecule has 0 aromatic carbocycles. The van der Waals surface area contributed by atoms with Crippen LogP contribution in [0, 0.1) is 6.92 Å². The number of carbonyl (C=O) groups excluding carboxylic acids is 2. The van der Waals surface area contributed by atoms with Crippen molar-refractivity contribution in [1.29, 1.82) is 0 Å². The lowest BCUT2D eigenvalue weighted by Crippen LogP contribution is -2.63. The smallest absolute Gasteiger partial charge is 0.410 e. The maximum atomic E-state index is 13.6. The minimum atomic E-state index is -0.987. The van der Waals surface area contributed by atoms with Gasteiger partial charge in [-0.25, -0.2) is 9.78 Å². The third kappa shape index (κ3) is 6.07. The summed E-state index contributed by atoms with van der Waals surface area (Å²) in [6.45, 7) is 16.1. The minimum Gasteiger partial charge on any atom is -0.444 e. The molecule has 1 fully saturated rings. The molecule has 1 atom stereocenters. The number of pyridine rings is 1. The largest absolute Gasteiger partial charge is 0.444 e. The molecule has 2 N–H and O–H groups in total. The average molecular weight is 474 g/mol. The first-order valence-electron chi connectivity index (χ1n) is 11.8. The van der Waals surface area contributed by atoms with E-state index in [9.17, 15) is 14.7 Å². The van der Waals surface area contributed by atoms with Gasteiger partial charge in [0, 0.05) is 32.4 Å². The molecule has 3 rings (SSSR count). The second-order valence-corrected chi connectivity index (χ2v) is 11.4. The molecule has 1 aliphatic rings. The van der Waals surface area contributed by atoms with Crippen molar-refractivity contribution in [3.05, 3.63) is 35.9 Å². The van der Waals surface area contributed by atoms with Crippen LogP contribution >= 0.6 is 0 Å². The number of β-amino-alcohol motifs (C(OH)–C–C–N with tert-alkyl or cyclic N) is 1. The number of imidazole rings is 1. The highest BCUT2D eigenvalue weighted by Crippen LogP contribution is 2.24. The van der Waals surface area contributed by atoms with Crippen molar-refractivity contribution < 1.29 is 19.4 Å². The number of aliphatic hydroxyl groups is 1. The van der Waals surface area contributed by atoms with E-state index in [-0.39, 0.29) is 12.5 Å². The zero-order chi connectivity index (χ0) is 25.5. The highest BCUT2D eigenvalue weighted by molar-refractivity contribution is 5.84. The molecule has 3 heterocycles. The SMILES string of the molecule is Cc1cccn2c(C(C)(C)NC(=O)[C@@H]3CN(C(=O)OC(C)(C)C)CCN3CC(C)(C)O)ncc12. The molecule has 9 heteroatoms. The molecule has 2 aromatic rings. The summed E-state index contributed by atoms with van der Waals surface area (Å²) in [5.74, 6) is 0.486. The number of aromatic nitrogens is 2. The summed E-state index contributed by atoms with van der Waals surface area (Å²) in [7, 11) is 0. The number of aryl methyl sites for hydroxylation is 1. The Hall–Kier alpha value is -2.65. The van der Waals surface area contributed by atoms with E-state index in [1.165, 1.54) is 0 Å². The fourth-order valence-electron chi connectivity index (χ4n) is 4.32. The van der Waals surface area contributed by atoms with Crippen molar-refractivity contribution >= 4 is 17.5 Å². The maximum absolute atomic E-state index is 13.6. The Morgan fingerprint density at radius 1 is 1.18 bits per heavy atom. The molecule has 0 saturated carbocycles. The molecule has 2 aromatic heterocycles. The van der Waals surface area contributed by atoms with Crippen molar-refractivity contribution in [2.24, 2.45) is 0 Å². The molecule has 0 bridgehead atoms. The molecular weight excluding hydrogens is 434 g/mol. The maximum Gasteiger partial charge on any atom is 0.410 e. The lowest BCUT2D eigenvalue weighted by atomic mass is 10.0.